The minimum absolute atomic E-state index is 0.146. The molecule has 4 rings (SSSR count). The molecule has 2 fully saturated rings. The van der Waals surface area contributed by atoms with Crippen LogP contribution in [0.25, 0.3) is 0 Å². The van der Waals surface area contributed by atoms with E-state index in [0.717, 1.165) is 44.9 Å². The summed E-state index contributed by atoms with van der Waals surface area (Å²) in [5.41, 5.74) is 1.63. The molecule has 0 aliphatic carbocycles. The van der Waals surface area contributed by atoms with Gasteiger partial charge in [0, 0.05) is 26.2 Å². The summed E-state index contributed by atoms with van der Waals surface area (Å²) in [6.07, 6.45) is 6.85. The molecular weight excluding hydrogens is 436 g/mol. The van der Waals surface area contributed by atoms with Gasteiger partial charge in [0.1, 0.15) is 5.75 Å². The van der Waals surface area contributed by atoms with Crippen LogP contribution in [0.2, 0.25) is 0 Å². The van der Waals surface area contributed by atoms with E-state index in [0.29, 0.717) is 43.4 Å². The molecular formula is C26H34N2O4S. The first kappa shape index (κ1) is 23.8. The summed E-state index contributed by atoms with van der Waals surface area (Å²) in [5.74, 6) is 0.757. The molecule has 0 radical (unpaired) electrons. The van der Waals surface area contributed by atoms with Gasteiger partial charge in [-0.15, -0.1) is 0 Å². The molecule has 2 aromatic rings. The number of hydrogen-bond donors (Lipinski definition) is 0. The molecule has 0 aromatic heterocycles. The summed E-state index contributed by atoms with van der Waals surface area (Å²) in [6.45, 7) is 2.41. The Hall–Kier alpha value is -2.38. The Kier molecular flexibility index (Phi) is 7.71. The Bertz CT molecular complexity index is 1040. The van der Waals surface area contributed by atoms with Crippen LogP contribution in [-0.2, 0) is 16.4 Å². The summed E-state index contributed by atoms with van der Waals surface area (Å²) in [4.78, 5) is 15.2. The van der Waals surface area contributed by atoms with Crippen LogP contribution >= 0.6 is 0 Å². The molecule has 33 heavy (non-hydrogen) atoms. The third kappa shape index (κ3) is 5.58. The molecule has 0 unspecified atom stereocenters. The number of likely N-dealkylation sites (tertiary alicyclic amines) is 1. The van der Waals surface area contributed by atoms with Crippen LogP contribution in [0, 0.1) is 5.92 Å². The molecule has 178 valence electrons. The third-order valence-corrected chi connectivity index (χ3v) is 8.77. The van der Waals surface area contributed by atoms with E-state index < -0.39 is 10.0 Å². The summed E-state index contributed by atoms with van der Waals surface area (Å²) < 4.78 is 33.8. The number of amides is 1. The molecule has 6 nitrogen and oxygen atoms in total. The predicted molar refractivity (Wildman–Crippen MR) is 129 cm³/mol. The van der Waals surface area contributed by atoms with E-state index in [9.17, 15) is 13.2 Å². The maximum absolute atomic E-state index is 13.4. The van der Waals surface area contributed by atoms with Crippen molar-refractivity contribution in [1.29, 1.82) is 0 Å². The van der Waals surface area contributed by atoms with Gasteiger partial charge < -0.3 is 9.64 Å². The van der Waals surface area contributed by atoms with Gasteiger partial charge in [0.05, 0.1) is 17.6 Å². The van der Waals surface area contributed by atoms with Crippen LogP contribution in [-0.4, -0.2) is 56.8 Å². The van der Waals surface area contributed by atoms with Crippen molar-refractivity contribution in [1.82, 2.24) is 9.21 Å². The number of ether oxygens (including phenoxy) is 1. The van der Waals surface area contributed by atoms with Gasteiger partial charge >= 0.3 is 0 Å². The van der Waals surface area contributed by atoms with Crippen LogP contribution in [0.4, 0.5) is 0 Å². The zero-order valence-corrected chi connectivity index (χ0v) is 20.2. The van der Waals surface area contributed by atoms with Gasteiger partial charge in [-0.25, -0.2) is 8.42 Å². The highest BCUT2D eigenvalue weighted by atomic mass is 32.2. The minimum Gasteiger partial charge on any atom is -0.496 e. The first-order valence-electron chi connectivity index (χ1n) is 12.0. The smallest absolute Gasteiger partial charge is 0.257 e. The van der Waals surface area contributed by atoms with Crippen LogP contribution < -0.4 is 4.74 Å². The number of methoxy groups -OCH3 is 1. The Morgan fingerprint density at radius 1 is 0.939 bits per heavy atom. The molecule has 2 saturated heterocycles. The van der Waals surface area contributed by atoms with E-state index in [2.05, 4.69) is 12.1 Å². The molecule has 0 spiro atoms. The maximum atomic E-state index is 13.4. The second-order valence-electron chi connectivity index (χ2n) is 9.11. The zero-order chi connectivity index (χ0) is 23.3. The van der Waals surface area contributed by atoms with Gasteiger partial charge in [0.15, 0.2) is 0 Å². The molecule has 0 saturated carbocycles. The van der Waals surface area contributed by atoms with Crippen LogP contribution in [0.15, 0.2) is 53.4 Å². The Morgan fingerprint density at radius 3 is 2.24 bits per heavy atom. The Morgan fingerprint density at radius 2 is 1.61 bits per heavy atom. The lowest BCUT2D eigenvalue weighted by Gasteiger charge is -2.31. The normalized spacial score (nSPS) is 18.6. The van der Waals surface area contributed by atoms with Gasteiger partial charge in [-0.3, -0.25) is 4.79 Å². The van der Waals surface area contributed by atoms with Crippen LogP contribution in [0.1, 0.15) is 54.4 Å². The number of benzene rings is 2. The fourth-order valence-corrected chi connectivity index (χ4v) is 6.41. The molecule has 0 atom stereocenters. The average molecular weight is 471 g/mol. The van der Waals surface area contributed by atoms with Gasteiger partial charge in [0.2, 0.25) is 10.0 Å². The second kappa shape index (κ2) is 10.7. The van der Waals surface area contributed by atoms with Crippen LogP contribution in [0.3, 0.4) is 0 Å². The second-order valence-corrected chi connectivity index (χ2v) is 11.0. The van der Waals surface area contributed by atoms with Crippen molar-refractivity contribution >= 4 is 15.9 Å². The summed E-state index contributed by atoms with van der Waals surface area (Å²) >= 11 is 0. The highest BCUT2D eigenvalue weighted by Crippen LogP contribution is 2.30. The van der Waals surface area contributed by atoms with E-state index >= 15 is 0 Å². The molecule has 1 amide bonds. The van der Waals surface area contributed by atoms with E-state index in [1.165, 1.54) is 18.7 Å². The van der Waals surface area contributed by atoms with Crippen molar-refractivity contribution in [2.24, 2.45) is 5.92 Å². The topological polar surface area (TPSA) is 66.9 Å². The van der Waals surface area contributed by atoms with E-state index in [1.54, 1.807) is 16.4 Å². The standard InChI is InChI=1S/C26H34N2O4S/c1-32-25-12-11-23(20-24(25)26(29)27-15-7-2-3-8-16-27)33(30,31)28-17-13-22(14-18-28)19-21-9-5-4-6-10-21/h4-6,9-12,20,22H,2-3,7-8,13-19H2,1H3. The average Bonchev–Trinajstić information content (AvgIpc) is 3.14. The van der Waals surface area contributed by atoms with Crippen molar-refractivity contribution in [2.45, 2.75) is 49.8 Å². The number of hydrogen-bond acceptors (Lipinski definition) is 4. The highest BCUT2D eigenvalue weighted by Gasteiger charge is 2.31. The molecule has 2 aliphatic rings. The van der Waals surface area contributed by atoms with E-state index in [1.807, 2.05) is 23.1 Å². The van der Waals surface area contributed by atoms with E-state index in [-0.39, 0.29) is 10.8 Å². The molecule has 0 bridgehead atoms. The number of sulfonamides is 1. The fraction of sp³-hybridized carbons (Fsp3) is 0.500. The SMILES string of the molecule is COc1ccc(S(=O)(=O)N2CCC(Cc3ccccc3)CC2)cc1C(=O)N1CCCCCC1. The van der Waals surface area contributed by atoms with Gasteiger partial charge in [0.25, 0.3) is 5.91 Å². The molecule has 2 heterocycles. The largest absolute Gasteiger partial charge is 0.496 e. The van der Waals surface area contributed by atoms with Gasteiger partial charge in [-0.2, -0.15) is 4.31 Å². The van der Waals surface area contributed by atoms with Gasteiger partial charge in [-0.05, 0) is 61.8 Å². The number of carbonyl (C=O) groups is 1. The fourth-order valence-electron chi connectivity index (χ4n) is 4.91. The van der Waals surface area contributed by atoms with Crippen molar-refractivity contribution in [2.75, 3.05) is 33.3 Å². The zero-order valence-electron chi connectivity index (χ0n) is 19.4. The van der Waals surface area contributed by atoms with E-state index in [4.69, 9.17) is 4.74 Å². The molecule has 2 aromatic carbocycles. The van der Waals surface area contributed by atoms with Crippen LogP contribution in [0.5, 0.6) is 5.75 Å². The summed E-state index contributed by atoms with van der Waals surface area (Å²) in [7, 11) is -2.16. The minimum atomic E-state index is -3.67. The molecule has 2 aliphatic heterocycles. The predicted octanol–water partition coefficient (Wildman–Crippen LogP) is 4.35. The number of piperidine rings is 1. The van der Waals surface area contributed by atoms with Gasteiger partial charge in [-0.1, -0.05) is 43.2 Å². The first-order valence-corrected chi connectivity index (χ1v) is 13.4. The number of rotatable bonds is 6. The Balaban J connectivity index is 1.48. The lowest BCUT2D eigenvalue weighted by atomic mass is 9.91. The monoisotopic (exact) mass is 470 g/mol. The summed E-state index contributed by atoms with van der Waals surface area (Å²) in [5, 5.41) is 0. The van der Waals surface area contributed by atoms with Crippen molar-refractivity contribution < 1.29 is 17.9 Å². The molecule has 0 N–H and O–H groups in total. The van der Waals surface area contributed by atoms with Crippen molar-refractivity contribution in [3.05, 3.63) is 59.7 Å². The Labute approximate surface area is 197 Å². The van der Waals surface area contributed by atoms with Crippen molar-refractivity contribution in [3.63, 3.8) is 0 Å². The van der Waals surface area contributed by atoms with Crippen molar-refractivity contribution in [3.8, 4) is 5.75 Å². The number of carbonyl (C=O) groups excluding carboxylic acids is 1. The summed E-state index contributed by atoms with van der Waals surface area (Å²) in [6, 6.07) is 15.0. The first-order chi connectivity index (χ1) is 16.0. The lowest BCUT2D eigenvalue weighted by molar-refractivity contribution is 0.0758. The third-order valence-electron chi connectivity index (χ3n) is 6.87. The quantitative estimate of drug-likeness (QED) is 0.629. The highest BCUT2D eigenvalue weighted by molar-refractivity contribution is 7.89. The lowest BCUT2D eigenvalue weighted by Crippen LogP contribution is -2.39. The maximum Gasteiger partial charge on any atom is 0.257 e. The molecule has 7 heteroatoms. The number of nitrogens with zero attached hydrogens (tertiary/aromatic N) is 2.